The van der Waals surface area contributed by atoms with Crippen molar-refractivity contribution in [1.82, 2.24) is 4.57 Å². The smallest absolute Gasteiger partial charge is 0.152 e. The molecular weight excluding hydrogens is 254 g/mol. The summed E-state index contributed by atoms with van der Waals surface area (Å²) in [5.41, 5.74) is 1.91. The van der Waals surface area contributed by atoms with Crippen LogP contribution in [-0.2, 0) is 7.05 Å². The van der Waals surface area contributed by atoms with Crippen molar-refractivity contribution in [1.29, 1.82) is 0 Å². The predicted molar refractivity (Wildman–Crippen MR) is 81.2 cm³/mol. The number of thiophene rings is 1. The van der Waals surface area contributed by atoms with Gasteiger partial charge in [-0.25, -0.2) is 0 Å². The van der Waals surface area contributed by atoms with Gasteiger partial charge in [0.15, 0.2) is 6.29 Å². The molecule has 0 saturated heterocycles. The quantitative estimate of drug-likeness (QED) is 0.469. The van der Waals surface area contributed by atoms with Crippen LogP contribution in [0.1, 0.15) is 10.4 Å². The molecule has 0 aliphatic heterocycles. The summed E-state index contributed by atoms with van der Waals surface area (Å²) in [5, 5.41) is 3.56. The summed E-state index contributed by atoms with van der Waals surface area (Å²) in [7, 11) is 2.00. The van der Waals surface area contributed by atoms with Crippen molar-refractivity contribution in [2.75, 3.05) is 0 Å². The van der Waals surface area contributed by atoms with Gasteiger partial charge in [0.2, 0.25) is 0 Å². The maximum atomic E-state index is 11.2. The Labute approximate surface area is 113 Å². The van der Waals surface area contributed by atoms with E-state index in [0.717, 1.165) is 22.8 Å². The topological polar surface area (TPSA) is 22.0 Å². The molecule has 0 saturated carbocycles. The lowest BCUT2D eigenvalue weighted by Crippen LogP contribution is -1.84. The zero-order chi connectivity index (χ0) is 13.0. The number of hydrogen-bond acceptors (Lipinski definition) is 2. The van der Waals surface area contributed by atoms with Gasteiger partial charge in [0, 0.05) is 44.4 Å². The first kappa shape index (κ1) is 10.8. The number of benzene rings is 2. The van der Waals surface area contributed by atoms with Crippen LogP contribution in [-0.4, -0.2) is 10.9 Å². The minimum atomic E-state index is 0.759. The third-order valence-corrected chi connectivity index (χ3v) is 4.78. The standard InChI is InChI=1S/C16H11NOS/c1-17-8-10(9-18)11-6-7-14-15(16(11)17)12-4-2-3-5-13(12)19-14/h2-9H,1H3. The lowest BCUT2D eigenvalue weighted by atomic mass is 10.1. The second kappa shape index (κ2) is 3.68. The van der Waals surface area contributed by atoms with Gasteiger partial charge >= 0.3 is 0 Å². The average molecular weight is 265 g/mol. The van der Waals surface area contributed by atoms with Gasteiger partial charge in [-0.3, -0.25) is 4.79 Å². The Kier molecular flexibility index (Phi) is 2.09. The van der Waals surface area contributed by atoms with E-state index in [9.17, 15) is 4.79 Å². The summed E-state index contributed by atoms with van der Waals surface area (Å²) in [6, 6.07) is 12.6. The highest BCUT2D eigenvalue weighted by atomic mass is 32.1. The molecule has 3 heteroatoms. The van der Waals surface area contributed by atoms with Gasteiger partial charge < -0.3 is 4.57 Å². The summed E-state index contributed by atoms with van der Waals surface area (Å²) >= 11 is 1.80. The number of fused-ring (bicyclic) bond motifs is 5. The van der Waals surface area contributed by atoms with Crippen molar-refractivity contribution in [2.24, 2.45) is 7.05 Å². The monoisotopic (exact) mass is 265 g/mol. The van der Waals surface area contributed by atoms with Crippen LogP contribution >= 0.6 is 11.3 Å². The number of rotatable bonds is 1. The van der Waals surface area contributed by atoms with Crippen molar-refractivity contribution in [3.8, 4) is 0 Å². The molecule has 92 valence electrons. The Morgan fingerprint density at radius 3 is 2.74 bits per heavy atom. The summed E-state index contributed by atoms with van der Waals surface area (Å²) in [4.78, 5) is 11.2. The molecule has 0 fully saturated rings. The molecule has 0 aliphatic carbocycles. The van der Waals surface area contributed by atoms with E-state index in [4.69, 9.17) is 0 Å². The molecule has 0 amide bonds. The third-order valence-electron chi connectivity index (χ3n) is 3.64. The van der Waals surface area contributed by atoms with Crippen molar-refractivity contribution in [3.05, 3.63) is 48.2 Å². The largest absolute Gasteiger partial charge is 0.349 e. The van der Waals surface area contributed by atoms with Crippen LogP contribution in [0.15, 0.2) is 42.6 Å². The molecule has 4 aromatic rings. The first-order chi connectivity index (χ1) is 9.29. The minimum Gasteiger partial charge on any atom is -0.349 e. The van der Waals surface area contributed by atoms with E-state index in [1.54, 1.807) is 11.3 Å². The van der Waals surface area contributed by atoms with E-state index >= 15 is 0 Å². The number of hydrogen-bond donors (Lipinski definition) is 0. The summed E-state index contributed by atoms with van der Waals surface area (Å²) in [5.74, 6) is 0. The van der Waals surface area contributed by atoms with E-state index in [2.05, 4.69) is 41.0 Å². The normalized spacial score (nSPS) is 11.6. The van der Waals surface area contributed by atoms with E-state index in [1.165, 1.54) is 20.2 Å². The maximum Gasteiger partial charge on any atom is 0.152 e. The highest BCUT2D eigenvalue weighted by Crippen LogP contribution is 2.39. The third kappa shape index (κ3) is 1.33. The molecule has 0 spiro atoms. The van der Waals surface area contributed by atoms with Gasteiger partial charge in [0.05, 0.1) is 5.52 Å². The van der Waals surface area contributed by atoms with Crippen LogP contribution in [0.25, 0.3) is 31.1 Å². The number of aldehydes is 1. The SMILES string of the molecule is Cn1cc(C=O)c2ccc3sc4ccccc4c3c21. The Hall–Kier alpha value is -2.13. The summed E-state index contributed by atoms with van der Waals surface area (Å²) in [6.07, 6.45) is 2.84. The van der Waals surface area contributed by atoms with Crippen LogP contribution in [0.2, 0.25) is 0 Å². The molecule has 19 heavy (non-hydrogen) atoms. The van der Waals surface area contributed by atoms with Crippen LogP contribution in [0.4, 0.5) is 0 Å². The molecule has 0 aliphatic rings. The fourth-order valence-corrected chi connectivity index (χ4v) is 3.94. The summed E-state index contributed by atoms with van der Waals surface area (Å²) in [6.45, 7) is 0. The average Bonchev–Trinajstić information content (AvgIpc) is 2.96. The van der Waals surface area contributed by atoms with E-state index in [0.29, 0.717) is 0 Å². The molecular formula is C16H11NOS. The Bertz CT molecular complexity index is 946. The van der Waals surface area contributed by atoms with Crippen LogP contribution in [0, 0.1) is 0 Å². The molecule has 0 bridgehead atoms. The van der Waals surface area contributed by atoms with Crippen molar-refractivity contribution in [3.63, 3.8) is 0 Å². The zero-order valence-corrected chi connectivity index (χ0v) is 11.2. The minimum absolute atomic E-state index is 0.759. The second-order valence-corrected chi connectivity index (χ2v) is 5.83. The molecule has 2 nitrogen and oxygen atoms in total. The highest BCUT2D eigenvalue weighted by Gasteiger charge is 2.13. The highest BCUT2D eigenvalue weighted by molar-refractivity contribution is 7.26. The van der Waals surface area contributed by atoms with Crippen molar-refractivity contribution >= 4 is 48.7 Å². The lowest BCUT2D eigenvalue weighted by molar-refractivity contribution is 0.112. The van der Waals surface area contributed by atoms with Crippen LogP contribution in [0.3, 0.4) is 0 Å². The number of aryl methyl sites for hydroxylation is 1. The molecule has 0 radical (unpaired) electrons. The van der Waals surface area contributed by atoms with Crippen molar-refractivity contribution in [2.45, 2.75) is 0 Å². The van der Waals surface area contributed by atoms with Crippen molar-refractivity contribution < 1.29 is 4.79 Å². The molecule has 2 heterocycles. The van der Waals surface area contributed by atoms with Gasteiger partial charge in [0.1, 0.15) is 0 Å². The first-order valence-electron chi connectivity index (χ1n) is 6.14. The van der Waals surface area contributed by atoms with Gasteiger partial charge in [-0.15, -0.1) is 11.3 Å². The predicted octanol–water partition coefficient (Wildman–Crippen LogP) is 4.36. The first-order valence-corrected chi connectivity index (χ1v) is 6.95. The molecule has 0 atom stereocenters. The van der Waals surface area contributed by atoms with Gasteiger partial charge in [0.25, 0.3) is 0 Å². The van der Waals surface area contributed by atoms with E-state index in [1.807, 2.05) is 13.2 Å². The Balaban J connectivity index is 2.36. The molecule has 4 rings (SSSR count). The maximum absolute atomic E-state index is 11.2. The lowest BCUT2D eigenvalue weighted by Gasteiger charge is -1.99. The molecule has 2 aromatic carbocycles. The van der Waals surface area contributed by atoms with Crippen LogP contribution in [0.5, 0.6) is 0 Å². The molecule has 0 N–H and O–H groups in total. The van der Waals surface area contributed by atoms with Gasteiger partial charge in [-0.2, -0.15) is 0 Å². The second-order valence-electron chi connectivity index (χ2n) is 4.75. The number of nitrogens with zero attached hydrogens (tertiary/aromatic N) is 1. The molecule has 0 unspecified atom stereocenters. The number of carbonyl (C=O) groups is 1. The fraction of sp³-hybridized carbons (Fsp3) is 0.0625. The number of carbonyl (C=O) groups excluding carboxylic acids is 1. The van der Waals surface area contributed by atoms with Gasteiger partial charge in [-0.1, -0.05) is 24.3 Å². The fourth-order valence-electron chi connectivity index (χ4n) is 2.83. The molecule has 2 aromatic heterocycles. The van der Waals surface area contributed by atoms with E-state index in [-0.39, 0.29) is 0 Å². The van der Waals surface area contributed by atoms with Gasteiger partial charge in [-0.05, 0) is 12.1 Å². The summed E-state index contributed by atoms with van der Waals surface area (Å²) < 4.78 is 4.62. The Morgan fingerprint density at radius 2 is 1.89 bits per heavy atom. The van der Waals surface area contributed by atoms with E-state index < -0.39 is 0 Å². The zero-order valence-electron chi connectivity index (χ0n) is 10.4. The number of aromatic nitrogens is 1. The Morgan fingerprint density at radius 1 is 1.05 bits per heavy atom. The van der Waals surface area contributed by atoms with Crippen LogP contribution < -0.4 is 0 Å².